The highest BCUT2D eigenvalue weighted by Gasteiger charge is 2.28. The molecule has 2 aliphatic heterocycles. The zero-order valence-electron chi connectivity index (χ0n) is 14.2. The van der Waals surface area contributed by atoms with Crippen LogP contribution in [-0.4, -0.2) is 27.6 Å². The highest BCUT2D eigenvalue weighted by molar-refractivity contribution is 5.68. The monoisotopic (exact) mass is 341 g/mol. The van der Waals surface area contributed by atoms with Gasteiger partial charge in [0.2, 0.25) is 0 Å². The van der Waals surface area contributed by atoms with Crippen molar-refractivity contribution in [3.63, 3.8) is 0 Å². The van der Waals surface area contributed by atoms with Gasteiger partial charge in [-0.1, -0.05) is 0 Å². The number of nitro groups is 1. The summed E-state index contributed by atoms with van der Waals surface area (Å²) in [7, 11) is 0. The molecular formula is C18H23N5O2. The Bertz CT molecular complexity index is 793. The van der Waals surface area contributed by atoms with Gasteiger partial charge in [-0.25, -0.2) is 4.98 Å². The third kappa shape index (κ3) is 2.94. The summed E-state index contributed by atoms with van der Waals surface area (Å²) >= 11 is 0. The Morgan fingerprint density at radius 3 is 2.76 bits per heavy atom. The number of benzene rings is 1. The average Bonchev–Trinajstić information content (AvgIpc) is 3.05. The summed E-state index contributed by atoms with van der Waals surface area (Å²) in [5.41, 5.74) is 8.53. The molecule has 0 atom stereocenters. The fourth-order valence-electron chi connectivity index (χ4n) is 4.11. The number of aromatic nitrogens is 2. The van der Waals surface area contributed by atoms with E-state index in [1.807, 2.05) is 6.20 Å². The molecule has 132 valence electrons. The third-order valence-corrected chi connectivity index (χ3v) is 5.43. The lowest BCUT2D eigenvalue weighted by atomic mass is 9.95. The lowest BCUT2D eigenvalue weighted by Crippen LogP contribution is -2.34. The smallest absolute Gasteiger partial charge is 0.292 e. The van der Waals surface area contributed by atoms with Gasteiger partial charge < -0.3 is 15.2 Å². The molecule has 0 bridgehead atoms. The maximum atomic E-state index is 11.3. The van der Waals surface area contributed by atoms with Crippen molar-refractivity contribution in [2.24, 2.45) is 0 Å². The summed E-state index contributed by atoms with van der Waals surface area (Å²) in [5.74, 6) is 1.64. The summed E-state index contributed by atoms with van der Waals surface area (Å²) in [6.07, 6.45) is 7.56. The predicted octanol–water partition coefficient (Wildman–Crippen LogP) is 3.09. The Morgan fingerprint density at radius 1 is 1.20 bits per heavy atom. The van der Waals surface area contributed by atoms with Gasteiger partial charge >= 0.3 is 0 Å². The van der Waals surface area contributed by atoms with E-state index in [2.05, 4.69) is 9.47 Å². The van der Waals surface area contributed by atoms with Crippen LogP contribution in [0.2, 0.25) is 0 Å². The summed E-state index contributed by atoms with van der Waals surface area (Å²) in [4.78, 5) is 17.8. The SMILES string of the molecule is Nc1ccc([N+](=O)[O-])c(N2CCC(c3ncc4n3CCCC4)CC2)c1. The maximum absolute atomic E-state index is 11.3. The second-order valence-corrected chi connectivity index (χ2v) is 6.98. The molecule has 2 aromatic rings. The molecule has 25 heavy (non-hydrogen) atoms. The van der Waals surface area contributed by atoms with E-state index >= 15 is 0 Å². The lowest BCUT2D eigenvalue weighted by Gasteiger charge is -2.33. The van der Waals surface area contributed by atoms with Gasteiger partial charge in [0.15, 0.2) is 0 Å². The molecule has 1 fully saturated rings. The van der Waals surface area contributed by atoms with Crippen molar-refractivity contribution in [1.29, 1.82) is 0 Å². The zero-order valence-corrected chi connectivity index (χ0v) is 14.2. The molecule has 2 aliphatic rings. The normalized spacial score (nSPS) is 18.2. The molecule has 0 spiro atoms. The minimum atomic E-state index is -0.328. The Labute approximate surface area is 146 Å². The van der Waals surface area contributed by atoms with Crippen LogP contribution >= 0.6 is 0 Å². The van der Waals surface area contributed by atoms with Gasteiger partial charge in [-0.2, -0.15) is 0 Å². The first-order valence-corrected chi connectivity index (χ1v) is 8.96. The van der Waals surface area contributed by atoms with Gasteiger partial charge in [-0.05, 0) is 44.2 Å². The van der Waals surface area contributed by atoms with Gasteiger partial charge in [-0.3, -0.25) is 10.1 Å². The van der Waals surface area contributed by atoms with Crippen molar-refractivity contribution in [2.45, 2.75) is 44.6 Å². The highest BCUT2D eigenvalue weighted by Crippen LogP contribution is 2.36. The Balaban J connectivity index is 1.52. The van der Waals surface area contributed by atoms with Crippen LogP contribution in [0.25, 0.3) is 0 Å². The summed E-state index contributed by atoms with van der Waals surface area (Å²) < 4.78 is 2.40. The molecule has 1 aromatic carbocycles. The number of nitrogens with zero attached hydrogens (tertiary/aromatic N) is 4. The number of nitro benzene ring substituents is 1. The summed E-state index contributed by atoms with van der Waals surface area (Å²) in [6.45, 7) is 2.65. The van der Waals surface area contributed by atoms with Crippen LogP contribution in [0.5, 0.6) is 0 Å². The largest absolute Gasteiger partial charge is 0.399 e. The van der Waals surface area contributed by atoms with E-state index in [-0.39, 0.29) is 10.6 Å². The number of imidazole rings is 1. The van der Waals surface area contributed by atoms with Gasteiger partial charge in [0.05, 0.1) is 4.92 Å². The fourth-order valence-corrected chi connectivity index (χ4v) is 4.11. The lowest BCUT2D eigenvalue weighted by molar-refractivity contribution is -0.384. The van der Waals surface area contributed by atoms with Gasteiger partial charge in [0.1, 0.15) is 11.5 Å². The van der Waals surface area contributed by atoms with Crippen LogP contribution in [0, 0.1) is 10.1 Å². The van der Waals surface area contributed by atoms with Crippen LogP contribution in [0.3, 0.4) is 0 Å². The first-order chi connectivity index (χ1) is 12.1. The molecule has 0 radical (unpaired) electrons. The summed E-state index contributed by atoms with van der Waals surface area (Å²) in [6, 6.07) is 4.81. The Kier molecular flexibility index (Phi) is 4.07. The number of rotatable bonds is 3. The van der Waals surface area contributed by atoms with Crippen LogP contribution in [0.15, 0.2) is 24.4 Å². The van der Waals surface area contributed by atoms with Crippen molar-refractivity contribution >= 4 is 17.1 Å². The molecule has 0 unspecified atom stereocenters. The number of fused-ring (bicyclic) bond motifs is 1. The van der Waals surface area contributed by atoms with Crippen molar-refractivity contribution in [3.8, 4) is 0 Å². The molecular weight excluding hydrogens is 318 g/mol. The standard InChI is InChI=1S/C18H23N5O2/c19-14-4-5-16(23(24)25)17(11-14)21-9-6-13(7-10-21)18-20-12-15-3-1-2-8-22(15)18/h4-5,11-13H,1-3,6-10,19H2. The first kappa shape index (κ1) is 15.9. The number of nitrogen functional groups attached to an aromatic ring is 1. The van der Waals surface area contributed by atoms with Crippen LogP contribution in [-0.2, 0) is 13.0 Å². The average molecular weight is 341 g/mol. The molecule has 3 heterocycles. The maximum Gasteiger partial charge on any atom is 0.292 e. The molecule has 1 aromatic heterocycles. The second kappa shape index (κ2) is 6.38. The number of anilines is 2. The van der Waals surface area contributed by atoms with Crippen LogP contribution < -0.4 is 10.6 Å². The molecule has 7 nitrogen and oxygen atoms in total. The fraction of sp³-hybridized carbons (Fsp3) is 0.500. The number of nitrogens with two attached hydrogens (primary N) is 1. The van der Waals surface area contributed by atoms with Crippen molar-refractivity contribution in [3.05, 3.63) is 46.0 Å². The predicted molar refractivity (Wildman–Crippen MR) is 96.9 cm³/mol. The number of piperidine rings is 1. The van der Waals surface area contributed by atoms with E-state index in [1.165, 1.54) is 30.4 Å². The van der Waals surface area contributed by atoms with Gasteiger partial charge in [0, 0.05) is 49.2 Å². The molecule has 7 heteroatoms. The highest BCUT2D eigenvalue weighted by atomic mass is 16.6. The molecule has 4 rings (SSSR count). The van der Waals surface area contributed by atoms with Gasteiger partial charge in [0.25, 0.3) is 5.69 Å². The molecule has 0 amide bonds. The van der Waals surface area contributed by atoms with E-state index < -0.39 is 0 Å². The minimum Gasteiger partial charge on any atom is -0.399 e. The van der Waals surface area contributed by atoms with Crippen LogP contribution in [0.1, 0.15) is 43.1 Å². The Hall–Kier alpha value is -2.57. The number of hydrogen-bond donors (Lipinski definition) is 1. The molecule has 0 saturated carbocycles. The van der Waals surface area contributed by atoms with Gasteiger partial charge in [-0.15, -0.1) is 0 Å². The van der Waals surface area contributed by atoms with Crippen molar-refractivity contribution < 1.29 is 4.92 Å². The van der Waals surface area contributed by atoms with E-state index in [0.717, 1.165) is 38.9 Å². The zero-order chi connectivity index (χ0) is 17.4. The quantitative estimate of drug-likeness (QED) is 0.526. The van der Waals surface area contributed by atoms with Crippen molar-refractivity contribution in [1.82, 2.24) is 9.55 Å². The van der Waals surface area contributed by atoms with E-state index in [1.54, 1.807) is 12.1 Å². The third-order valence-electron chi connectivity index (χ3n) is 5.43. The summed E-state index contributed by atoms with van der Waals surface area (Å²) in [5, 5.41) is 11.3. The van der Waals surface area contributed by atoms with Crippen molar-refractivity contribution in [2.75, 3.05) is 23.7 Å². The van der Waals surface area contributed by atoms with E-state index in [4.69, 9.17) is 10.7 Å². The van der Waals surface area contributed by atoms with E-state index in [0.29, 0.717) is 17.3 Å². The topological polar surface area (TPSA) is 90.2 Å². The Morgan fingerprint density at radius 2 is 2.00 bits per heavy atom. The van der Waals surface area contributed by atoms with E-state index in [9.17, 15) is 10.1 Å². The molecule has 1 saturated heterocycles. The number of aryl methyl sites for hydroxylation is 1. The second-order valence-electron chi connectivity index (χ2n) is 6.98. The minimum absolute atomic E-state index is 0.130. The first-order valence-electron chi connectivity index (χ1n) is 8.96. The molecule has 2 N–H and O–H groups in total. The van der Waals surface area contributed by atoms with Crippen LogP contribution in [0.4, 0.5) is 17.1 Å². The number of hydrogen-bond acceptors (Lipinski definition) is 5. The molecule has 0 aliphatic carbocycles.